The largest absolute Gasteiger partial charge is 0.459 e. The SMILES string of the molecule is Clc1cccc2cc(C3CCC3CNC3CC3)oc12. The van der Waals surface area contributed by atoms with Crippen molar-refractivity contribution in [1.82, 2.24) is 5.32 Å². The van der Waals surface area contributed by atoms with E-state index in [1.54, 1.807) is 0 Å². The minimum Gasteiger partial charge on any atom is -0.459 e. The maximum Gasteiger partial charge on any atom is 0.152 e. The first-order valence-corrected chi connectivity index (χ1v) is 7.60. The van der Waals surface area contributed by atoms with Gasteiger partial charge in [0.05, 0.1) is 5.02 Å². The molecule has 2 fully saturated rings. The zero-order valence-electron chi connectivity index (χ0n) is 10.9. The van der Waals surface area contributed by atoms with Crippen molar-refractivity contribution in [2.75, 3.05) is 6.54 Å². The molecule has 0 amide bonds. The smallest absolute Gasteiger partial charge is 0.152 e. The van der Waals surface area contributed by atoms with E-state index < -0.39 is 0 Å². The summed E-state index contributed by atoms with van der Waals surface area (Å²) in [5.41, 5.74) is 0.847. The van der Waals surface area contributed by atoms with Gasteiger partial charge in [0.25, 0.3) is 0 Å². The van der Waals surface area contributed by atoms with Crippen LogP contribution in [0, 0.1) is 5.92 Å². The third-order valence-electron chi connectivity index (χ3n) is 4.54. The van der Waals surface area contributed by atoms with Crippen molar-refractivity contribution >= 4 is 22.6 Å². The number of hydrogen-bond acceptors (Lipinski definition) is 2. The molecular weight excluding hydrogens is 258 g/mol. The number of benzene rings is 1. The molecule has 2 saturated carbocycles. The predicted molar refractivity (Wildman–Crippen MR) is 77.7 cm³/mol. The lowest BCUT2D eigenvalue weighted by molar-refractivity contribution is 0.218. The molecule has 1 heterocycles. The first-order valence-electron chi connectivity index (χ1n) is 7.22. The Labute approximate surface area is 118 Å². The molecule has 2 aromatic rings. The zero-order chi connectivity index (χ0) is 12.8. The Morgan fingerprint density at radius 3 is 2.79 bits per heavy atom. The van der Waals surface area contributed by atoms with Crippen molar-refractivity contribution in [3.63, 3.8) is 0 Å². The minimum atomic E-state index is 0.578. The van der Waals surface area contributed by atoms with Crippen LogP contribution in [0.15, 0.2) is 28.7 Å². The lowest BCUT2D eigenvalue weighted by Gasteiger charge is -2.35. The van der Waals surface area contributed by atoms with Gasteiger partial charge in [0.15, 0.2) is 5.58 Å². The van der Waals surface area contributed by atoms with E-state index in [1.165, 1.54) is 25.7 Å². The van der Waals surface area contributed by atoms with Gasteiger partial charge < -0.3 is 9.73 Å². The van der Waals surface area contributed by atoms with Crippen molar-refractivity contribution in [1.29, 1.82) is 0 Å². The second-order valence-corrected chi connectivity index (χ2v) is 6.34. The zero-order valence-corrected chi connectivity index (χ0v) is 11.6. The topological polar surface area (TPSA) is 25.2 Å². The van der Waals surface area contributed by atoms with E-state index in [0.29, 0.717) is 5.92 Å². The van der Waals surface area contributed by atoms with Crippen LogP contribution in [-0.4, -0.2) is 12.6 Å². The summed E-state index contributed by atoms with van der Waals surface area (Å²) >= 11 is 6.18. The molecule has 4 rings (SSSR count). The second-order valence-electron chi connectivity index (χ2n) is 5.93. The molecule has 0 aliphatic heterocycles. The van der Waals surface area contributed by atoms with Crippen LogP contribution in [0.5, 0.6) is 0 Å². The Morgan fingerprint density at radius 2 is 2.11 bits per heavy atom. The molecule has 3 heteroatoms. The lowest BCUT2D eigenvalue weighted by Crippen LogP contribution is -2.34. The number of furan rings is 1. The van der Waals surface area contributed by atoms with Crippen LogP contribution in [0.25, 0.3) is 11.0 Å². The first-order chi connectivity index (χ1) is 9.31. The molecule has 1 N–H and O–H groups in total. The summed E-state index contributed by atoms with van der Waals surface area (Å²) in [5, 5.41) is 5.48. The van der Waals surface area contributed by atoms with Gasteiger partial charge in [-0.1, -0.05) is 23.7 Å². The normalized spacial score (nSPS) is 26.6. The van der Waals surface area contributed by atoms with Gasteiger partial charge in [-0.15, -0.1) is 0 Å². The molecule has 1 aromatic heterocycles. The Balaban J connectivity index is 1.54. The van der Waals surface area contributed by atoms with Crippen molar-refractivity contribution in [2.24, 2.45) is 5.92 Å². The summed E-state index contributed by atoms with van der Waals surface area (Å²) in [5.74, 6) is 2.44. The molecule has 1 aromatic carbocycles. The standard InChI is InChI=1S/C16H18ClNO/c17-14-3-1-2-10-8-15(19-16(10)14)13-7-4-11(13)9-18-12-5-6-12/h1-3,8,11-13,18H,4-7,9H2. The van der Waals surface area contributed by atoms with Crippen LogP contribution < -0.4 is 5.32 Å². The first kappa shape index (κ1) is 11.8. The monoisotopic (exact) mass is 275 g/mol. The highest BCUT2D eigenvalue weighted by molar-refractivity contribution is 6.34. The molecule has 2 aliphatic rings. The van der Waals surface area contributed by atoms with Gasteiger partial charge in [-0.05, 0) is 50.3 Å². The third-order valence-corrected chi connectivity index (χ3v) is 4.84. The molecule has 2 aliphatic carbocycles. The summed E-state index contributed by atoms with van der Waals surface area (Å²) in [6, 6.07) is 8.92. The van der Waals surface area contributed by atoms with Gasteiger partial charge in [0.1, 0.15) is 5.76 Å². The van der Waals surface area contributed by atoms with Crippen LogP contribution in [0.3, 0.4) is 0 Å². The Kier molecular flexibility index (Phi) is 2.82. The van der Waals surface area contributed by atoms with E-state index in [1.807, 2.05) is 12.1 Å². The molecular formula is C16H18ClNO. The van der Waals surface area contributed by atoms with Gasteiger partial charge in [0, 0.05) is 17.3 Å². The van der Waals surface area contributed by atoms with Crippen LogP contribution in [-0.2, 0) is 0 Å². The maximum atomic E-state index is 6.18. The average Bonchev–Trinajstić information content (AvgIpc) is 3.08. The molecule has 0 radical (unpaired) electrons. The molecule has 2 unspecified atom stereocenters. The number of halogens is 1. The number of rotatable bonds is 4. The highest BCUT2D eigenvalue weighted by Crippen LogP contribution is 2.44. The molecule has 2 nitrogen and oxygen atoms in total. The van der Waals surface area contributed by atoms with E-state index >= 15 is 0 Å². The Morgan fingerprint density at radius 1 is 1.21 bits per heavy atom. The summed E-state index contributed by atoms with van der Waals surface area (Å²) < 4.78 is 6.00. The number of hydrogen-bond donors (Lipinski definition) is 1. The fraction of sp³-hybridized carbons (Fsp3) is 0.500. The van der Waals surface area contributed by atoms with Crippen LogP contribution in [0.1, 0.15) is 37.4 Å². The summed E-state index contributed by atoms with van der Waals surface area (Å²) in [7, 11) is 0. The molecule has 2 atom stereocenters. The van der Waals surface area contributed by atoms with Crippen LogP contribution in [0.2, 0.25) is 5.02 Å². The molecule has 0 spiro atoms. The van der Waals surface area contributed by atoms with E-state index in [4.69, 9.17) is 16.0 Å². The fourth-order valence-corrected chi connectivity index (χ4v) is 3.24. The van der Waals surface area contributed by atoms with Crippen molar-refractivity contribution in [2.45, 2.75) is 37.6 Å². The van der Waals surface area contributed by atoms with Gasteiger partial charge in [-0.2, -0.15) is 0 Å². The van der Waals surface area contributed by atoms with E-state index in [0.717, 1.165) is 40.3 Å². The van der Waals surface area contributed by atoms with E-state index in [9.17, 15) is 0 Å². The Bertz CT molecular complexity index is 602. The molecule has 0 bridgehead atoms. The molecule has 19 heavy (non-hydrogen) atoms. The van der Waals surface area contributed by atoms with Crippen molar-refractivity contribution < 1.29 is 4.42 Å². The van der Waals surface area contributed by atoms with Gasteiger partial charge >= 0.3 is 0 Å². The van der Waals surface area contributed by atoms with E-state index in [2.05, 4.69) is 17.4 Å². The lowest BCUT2D eigenvalue weighted by atomic mass is 9.72. The van der Waals surface area contributed by atoms with E-state index in [-0.39, 0.29) is 0 Å². The highest BCUT2D eigenvalue weighted by atomic mass is 35.5. The molecule has 0 saturated heterocycles. The molecule has 100 valence electrons. The Hall–Kier alpha value is -0.990. The predicted octanol–water partition coefficient (Wildman–Crippen LogP) is 4.33. The summed E-state index contributed by atoms with van der Waals surface area (Å²) in [6.45, 7) is 1.14. The number of fused-ring (bicyclic) bond motifs is 1. The number of nitrogens with one attached hydrogen (secondary N) is 1. The highest BCUT2D eigenvalue weighted by Gasteiger charge is 2.35. The van der Waals surface area contributed by atoms with Crippen molar-refractivity contribution in [3.05, 3.63) is 35.0 Å². The quantitative estimate of drug-likeness (QED) is 0.898. The van der Waals surface area contributed by atoms with Crippen LogP contribution in [0.4, 0.5) is 0 Å². The van der Waals surface area contributed by atoms with Gasteiger partial charge in [0.2, 0.25) is 0 Å². The van der Waals surface area contributed by atoms with Gasteiger partial charge in [-0.25, -0.2) is 0 Å². The summed E-state index contributed by atoms with van der Waals surface area (Å²) in [4.78, 5) is 0. The maximum absolute atomic E-state index is 6.18. The van der Waals surface area contributed by atoms with Crippen molar-refractivity contribution in [3.8, 4) is 0 Å². The second kappa shape index (κ2) is 4.53. The fourth-order valence-electron chi connectivity index (χ4n) is 3.02. The third kappa shape index (κ3) is 2.17. The number of para-hydroxylation sites is 1. The van der Waals surface area contributed by atoms with Crippen LogP contribution >= 0.6 is 11.6 Å². The average molecular weight is 276 g/mol. The summed E-state index contributed by atoms with van der Waals surface area (Å²) in [6.07, 6.45) is 5.28. The van der Waals surface area contributed by atoms with Gasteiger partial charge in [-0.3, -0.25) is 0 Å². The minimum absolute atomic E-state index is 0.578.